The summed E-state index contributed by atoms with van der Waals surface area (Å²) < 4.78 is 8.67. The molecule has 0 bridgehead atoms. The maximum atomic E-state index is 11.5. The number of benzene rings is 1. The molecule has 0 atom stereocenters. The third kappa shape index (κ3) is 2.03. The molecule has 0 fully saturated rings. The molecular weight excluding hydrogens is 339 g/mol. The highest BCUT2D eigenvalue weighted by molar-refractivity contribution is 14.1. The Hall–Kier alpha value is -1.82. The van der Waals surface area contributed by atoms with E-state index < -0.39 is 10.7 Å². The van der Waals surface area contributed by atoms with Crippen molar-refractivity contribution in [2.75, 3.05) is 0 Å². The van der Waals surface area contributed by atoms with E-state index in [9.17, 15) is 14.9 Å². The minimum Gasteiger partial charge on any atom is -0.407 e. The monoisotopic (exact) mass is 344 g/mol. The maximum absolute atomic E-state index is 11.5. The average molecular weight is 344 g/mol. The van der Waals surface area contributed by atoms with Gasteiger partial charge in [-0.3, -0.25) is 14.7 Å². The van der Waals surface area contributed by atoms with Crippen molar-refractivity contribution in [1.82, 2.24) is 4.57 Å². The molecule has 0 aliphatic heterocycles. The minimum atomic E-state index is -0.645. The highest BCUT2D eigenvalue weighted by Gasteiger charge is 2.19. The molecule has 0 spiro atoms. The lowest BCUT2D eigenvalue weighted by molar-refractivity contribution is -0.383. The van der Waals surface area contributed by atoms with Crippen molar-refractivity contribution in [3.05, 3.63) is 38.9 Å². The lowest BCUT2D eigenvalue weighted by atomic mass is 10.3. The molecular formula is C10H5IN2O4. The molecule has 0 saturated heterocycles. The van der Waals surface area contributed by atoms with Crippen molar-refractivity contribution in [3.63, 3.8) is 0 Å². The van der Waals surface area contributed by atoms with Gasteiger partial charge in [0.2, 0.25) is 0 Å². The van der Waals surface area contributed by atoms with Crippen LogP contribution in [0.1, 0.15) is 0 Å². The van der Waals surface area contributed by atoms with Crippen molar-refractivity contribution in [1.29, 1.82) is 0 Å². The number of non-ortho nitro benzene ring substituents is 1. The summed E-state index contributed by atoms with van der Waals surface area (Å²) in [6.07, 6.45) is 0. The summed E-state index contributed by atoms with van der Waals surface area (Å²) in [5, 5.41) is 10.9. The van der Waals surface area contributed by atoms with Gasteiger partial charge in [-0.05, 0) is 9.99 Å². The molecule has 7 heteroatoms. The lowest BCUT2D eigenvalue weighted by Crippen LogP contribution is -2.13. The van der Waals surface area contributed by atoms with Gasteiger partial charge in [-0.25, -0.2) is 4.79 Å². The normalized spacial score (nSPS) is 9.94. The summed E-state index contributed by atoms with van der Waals surface area (Å²) >= 11 is 1.83. The largest absolute Gasteiger partial charge is 0.421 e. The lowest BCUT2D eigenvalue weighted by Gasteiger charge is -1.96. The molecule has 0 aliphatic rings. The summed E-state index contributed by atoms with van der Waals surface area (Å²) in [5.74, 6) is 2.02. The Labute approximate surface area is 109 Å². The van der Waals surface area contributed by atoms with Gasteiger partial charge in [0, 0.05) is 28.7 Å². The van der Waals surface area contributed by atoms with Crippen LogP contribution in [0.25, 0.3) is 11.1 Å². The van der Waals surface area contributed by atoms with Crippen LogP contribution in [-0.4, -0.2) is 9.49 Å². The van der Waals surface area contributed by atoms with Gasteiger partial charge in [0.05, 0.1) is 11.5 Å². The van der Waals surface area contributed by atoms with Gasteiger partial charge in [0.15, 0.2) is 11.1 Å². The summed E-state index contributed by atoms with van der Waals surface area (Å²) in [6, 6.07) is 4.31. The molecule has 1 heterocycles. The summed E-state index contributed by atoms with van der Waals surface area (Å²) in [5.41, 5.74) is 0.199. The number of hydrogen-bond donors (Lipinski definition) is 0. The zero-order chi connectivity index (χ0) is 12.4. The Morgan fingerprint density at radius 1 is 1.53 bits per heavy atom. The molecule has 1 aromatic heterocycles. The van der Waals surface area contributed by atoms with Crippen LogP contribution >= 0.6 is 22.6 Å². The maximum Gasteiger partial charge on any atom is 0.421 e. The van der Waals surface area contributed by atoms with Crippen LogP contribution < -0.4 is 5.76 Å². The molecule has 2 aromatic rings. The van der Waals surface area contributed by atoms with Crippen molar-refractivity contribution >= 4 is 39.4 Å². The topological polar surface area (TPSA) is 78.3 Å². The van der Waals surface area contributed by atoms with Crippen molar-refractivity contribution in [2.45, 2.75) is 6.54 Å². The predicted octanol–water partition coefficient (Wildman–Crippen LogP) is 1.90. The van der Waals surface area contributed by atoms with Crippen molar-refractivity contribution < 1.29 is 9.34 Å². The SMILES string of the molecule is O=c1oc2cccc([N+](=O)[O-])c2n1CC#CI. The van der Waals surface area contributed by atoms with E-state index in [0.717, 1.165) is 4.57 Å². The number of nitrogens with zero attached hydrogens (tertiary/aromatic N) is 2. The second kappa shape index (κ2) is 4.58. The molecule has 6 nitrogen and oxygen atoms in total. The number of halogens is 1. The van der Waals surface area contributed by atoms with Crippen LogP contribution in [0.3, 0.4) is 0 Å². The number of nitro benzene ring substituents is 1. The van der Waals surface area contributed by atoms with E-state index in [1.54, 1.807) is 0 Å². The molecule has 0 unspecified atom stereocenters. The quantitative estimate of drug-likeness (QED) is 0.361. The first-order valence-corrected chi connectivity index (χ1v) is 5.58. The Morgan fingerprint density at radius 2 is 2.29 bits per heavy atom. The van der Waals surface area contributed by atoms with E-state index in [1.165, 1.54) is 18.2 Å². The zero-order valence-corrected chi connectivity index (χ0v) is 10.5. The summed E-state index contributed by atoms with van der Waals surface area (Å²) in [6.45, 7) is 0.0691. The highest BCUT2D eigenvalue weighted by atomic mass is 127. The van der Waals surface area contributed by atoms with Gasteiger partial charge >= 0.3 is 5.76 Å². The van der Waals surface area contributed by atoms with E-state index in [0.29, 0.717) is 0 Å². The molecule has 1 aromatic carbocycles. The summed E-state index contributed by atoms with van der Waals surface area (Å²) in [7, 11) is 0. The van der Waals surface area contributed by atoms with Gasteiger partial charge in [0.25, 0.3) is 5.69 Å². The molecule has 17 heavy (non-hydrogen) atoms. The Balaban J connectivity index is 2.80. The number of nitro groups is 1. The first-order valence-electron chi connectivity index (χ1n) is 4.50. The number of hydrogen-bond acceptors (Lipinski definition) is 4. The van der Waals surface area contributed by atoms with E-state index in [-0.39, 0.29) is 23.3 Å². The molecule has 0 aliphatic carbocycles. The molecule has 0 saturated carbocycles. The average Bonchev–Trinajstić information content (AvgIpc) is 2.61. The van der Waals surface area contributed by atoms with Gasteiger partial charge < -0.3 is 4.42 Å². The van der Waals surface area contributed by atoms with Gasteiger partial charge in [0.1, 0.15) is 0 Å². The van der Waals surface area contributed by atoms with Crippen LogP contribution in [0.15, 0.2) is 27.4 Å². The second-order valence-corrected chi connectivity index (χ2v) is 3.65. The van der Waals surface area contributed by atoms with Crippen LogP contribution in [0, 0.1) is 20.0 Å². The van der Waals surface area contributed by atoms with E-state index in [2.05, 4.69) is 9.85 Å². The minimum absolute atomic E-state index is 0.0691. The number of fused-ring (bicyclic) bond motifs is 1. The van der Waals surface area contributed by atoms with E-state index >= 15 is 0 Å². The fourth-order valence-corrected chi connectivity index (χ4v) is 1.68. The molecule has 86 valence electrons. The van der Waals surface area contributed by atoms with Crippen molar-refractivity contribution in [3.8, 4) is 9.85 Å². The fraction of sp³-hybridized carbons (Fsp3) is 0.100. The first-order chi connectivity index (χ1) is 8.15. The molecule has 0 N–H and O–H groups in total. The van der Waals surface area contributed by atoms with Gasteiger partial charge in [-0.1, -0.05) is 12.0 Å². The zero-order valence-electron chi connectivity index (χ0n) is 8.34. The fourth-order valence-electron chi connectivity index (χ4n) is 1.50. The number of oxazole rings is 1. The van der Waals surface area contributed by atoms with Gasteiger partial charge in [-0.2, -0.15) is 0 Å². The Kier molecular flexibility index (Phi) is 3.14. The molecule has 0 radical (unpaired) electrons. The third-order valence-corrected chi connectivity index (χ3v) is 2.55. The predicted molar refractivity (Wildman–Crippen MR) is 68.9 cm³/mol. The van der Waals surface area contributed by atoms with Crippen LogP contribution in [0.2, 0.25) is 0 Å². The third-order valence-electron chi connectivity index (χ3n) is 2.17. The number of rotatable bonds is 2. The Bertz CT molecular complexity index is 704. The smallest absolute Gasteiger partial charge is 0.407 e. The molecule has 2 rings (SSSR count). The second-order valence-electron chi connectivity index (χ2n) is 3.11. The van der Waals surface area contributed by atoms with Crippen LogP contribution in [0.5, 0.6) is 0 Å². The highest BCUT2D eigenvalue weighted by Crippen LogP contribution is 2.24. The van der Waals surface area contributed by atoms with Crippen molar-refractivity contribution in [2.24, 2.45) is 0 Å². The first kappa shape index (κ1) is 11.7. The molecule has 0 amide bonds. The Morgan fingerprint density at radius 3 is 2.94 bits per heavy atom. The van der Waals surface area contributed by atoms with E-state index in [1.807, 2.05) is 22.6 Å². The summed E-state index contributed by atoms with van der Waals surface area (Å²) in [4.78, 5) is 21.8. The number of aromatic nitrogens is 1. The number of para-hydroxylation sites is 1. The van der Waals surface area contributed by atoms with Gasteiger partial charge in [-0.15, -0.1) is 0 Å². The standard InChI is InChI=1S/C10H5IN2O4/c11-5-2-6-12-9-7(13(15)16)3-1-4-8(9)17-10(12)14/h1,3-4H,6H2. The van der Waals surface area contributed by atoms with Crippen LogP contribution in [0.4, 0.5) is 5.69 Å². The van der Waals surface area contributed by atoms with Crippen LogP contribution in [-0.2, 0) is 6.54 Å². The van der Waals surface area contributed by atoms with E-state index in [4.69, 9.17) is 4.42 Å².